The predicted octanol–water partition coefficient (Wildman–Crippen LogP) is 3.24. The number of anilines is 1. The molecule has 1 fully saturated rings. The normalized spacial score (nSPS) is 15.6. The molecule has 2 aromatic heterocycles. The van der Waals surface area contributed by atoms with Crippen molar-refractivity contribution >= 4 is 5.82 Å². The molecule has 0 amide bonds. The van der Waals surface area contributed by atoms with E-state index in [9.17, 15) is 0 Å². The minimum absolute atomic E-state index is 0.593. The molecular formula is C15H18N4. The molecule has 0 radical (unpaired) electrons. The van der Waals surface area contributed by atoms with Crippen LogP contribution in [0.3, 0.4) is 0 Å². The molecule has 0 aliphatic heterocycles. The van der Waals surface area contributed by atoms with Crippen LogP contribution in [-0.2, 0) is 0 Å². The van der Waals surface area contributed by atoms with Crippen molar-refractivity contribution in [3.63, 3.8) is 0 Å². The third kappa shape index (κ3) is 2.57. The maximum absolute atomic E-state index is 4.75. The Hall–Kier alpha value is -1.97. The monoisotopic (exact) mass is 254 g/mol. The van der Waals surface area contributed by atoms with Gasteiger partial charge in [-0.25, -0.2) is 9.97 Å². The average molecular weight is 254 g/mol. The zero-order valence-corrected chi connectivity index (χ0v) is 11.1. The van der Waals surface area contributed by atoms with Gasteiger partial charge in [0.2, 0.25) is 0 Å². The van der Waals surface area contributed by atoms with Crippen molar-refractivity contribution in [1.82, 2.24) is 15.0 Å². The van der Waals surface area contributed by atoms with E-state index in [2.05, 4.69) is 21.4 Å². The maximum Gasteiger partial charge on any atom is 0.161 e. The Morgan fingerprint density at radius 3 is 2.53 bits per heavy atom. The van der Waals surface area contributed by atoms with E-state index in [0.29, 0.717) is 5.92 Å². The summed E-state index contributed by atoms with van der Waals surface area (Å²) >= 11 is 0. The lowest BCUT2D eigenvalue weighted by atomic mass is 10.0. The quantitative estimate of drug-likeness (QED) is 0.913. The van der Waals surface area contributed by atoms with Crippen LogP contribution in [0.5, 0.6) is 0 Å². The number of nitrogens with one attached hydrogen (secondary N) is 1. The van der Waals surface area contributed by atoms with Crippen LogP contribution >= 0.6 is 0 Å². The van der Waals surface area contributed by atoms with Gasteiger partial charge in [-0.3, -0.25) is 4.98 Å². The van der Waals surface area contributed by atoms with Crippen LogP contribution in [0.15, 0.2) is 30.6 Å². The summed E-state index contributed by atoms with van der Waals surface area (Å²) in [4.78, 5) is 13.3. The minimum Gasteiger partial charge on any atom is -0.373 e. The van der Waals surface area contributed by atoms with Gasteiger partial charge in [0.25, 0.3) is 0 Å². The van der Waals surface area contributed by atoms with Crippen molar-refractivity contribution in [2.24, 2.45) is 0 Å². The third-order valence-electron chi connectivity index (χ3n) is 3.71. The van der Waals surface area contributed by atoms with Gasteiger partial charge < -0.3 is 5.32 Å². The Morgan fingerprint density at radius 2 is 1.84 bits per heavy atom. The molecule has 0 unspecified atom stereocenters. The van der Waals surface area contributed by atoms with Crippen LogP contribution in [0.1, 0.15) is 37.3 Å². The highest BCUT2D eigenvalue weighted by Gasteiger charge is 2.20. The zero-order valence-electron chi connectivity index (χ0n) is 11.1. The summed E-state index contributed by atoms with van der Waals surface area (Å²) in [6.07, 6.45) is 8.67. The van der Waals surface area contributed by atoms with Gasteiger partial charge in [0.1, 0.15) is 5.82 Å². The van der Waals surface area contributed by atoms with Gasteiger partial charge in [-0.15, -0.1) is 0 Å². The number of nitrogens with zero attached hydrogens (tertiary/aromatic N) is 3. The largest absolute Gasteiger partial charge is 0.373 e. The molecule has 2 heterocycles. The van der Waals surface area contributed by atoms with Crippen LogP contribution in [-0.4, -0.2) is 22.0 Å². The van der Waals surface area contributed by atoms with E-state index in [-0.39, 0.29) is 0 Å². The molecule has 0 bridgehead atoms. The summed E-state index contributed by atoms with van der Waals surface area (Å²) in [7, 11) is 1.90. The molecule has 0 aromatic carbocycles. The number of aromatic nitrogens is 3. The highest BCUT2D eigenvalue weighted by molar-refractivity contribution is 5.56. The molecule has 1 aliphatic carbocycles. The summed E-state index contributed by atoms with van der Waals surface area (Å²) in [5.74, 6) is 2.27. The molecule has 4 heteroatoms. The second kappa shape index (κ2) is 5.34. The van der Waals surface area contributed by atoms with Gasteiger partial charge in [-0.2, -0.15) is 0 Å². The second-order valence-electron chi connectivity index (χ2n) is 4.97. The predicted molar refractivity (Wildman–Crippen MR) is 76.0 cm³/mol. The topological polar surface area (TPSA) is 50.7 Å². The minimum atomic E-state index is 0.593. The lowest BCUT2D eigenvalue weighted by molar-refractivity contribution is 0.696. The molecule has 1 saturated carbocycles. The van der Waals surface area contributed by atoms with E-state index >= 15 is 0 Å². The molecule has 3 rings (SSSR count). The highest BCUT2D eigenvalue weighted by Crippen LogP contribution is 2.34. The van der Waals surface area contributed by atoms with E-state index in [0.717, 1.165) is 17.2 Å². The fourth-order valence-electron chi connectivity index (χ4n) is 2.65. The van der Waals surface area contributed by atoms with E-state index in [1.165, 1.54) is 31.4 Å². The molecular weight excluding hydrogens is 236 g/mol. The number of hydrogen-bond acceptors (Lipinski definition) is 4. The zero-order chi connectivity index (χ0) is 13.1. The van der Waals surface area contributed by atoms with Gasteiger partial charge in [-0.05, 0) is 25.0 Å². The van der Waals surface area contributed by atoms with Crippen molar-refractivity contribution in [1.29, 1.82) is 0 Å². The van der Waals surface area contributed by atoms with Crippen molar-refractivity contribution in [3.8, 4) is 11.4 Å². The second-order valence-corrected chi connectivity index (χ2v) is 4.97. The van der Waals surface area contributed by atoms with Crippen LogP contribution in [0.25, 0.3) is 11.4 Å². The fourth-order valence-corrected chi connectivity index (χ4v) is 2.65. The molecule has 1 N–H and O–H groups in total. The number of pyridine rings is 1. The Kier molecular flexibility index (Phi) is 3.40. The van der Waals surface area contributed by atoms with Gasteiger partial charge in [0.05, 0.1) is 0 Å². The Morgan fingerprint density at radius 1 is 1.11 bits per heavy atom. The Labute approximate surface area is 113 Å². The molecule has 0 atom stereocenters. The first kappa shape index (κ1) is 12.1. The first-order chi connectivity index (χ1) is 9.36. The standard InChI is InChI=1S/C15H18N4/c1-16-14-10-13(11-4-2-3-5-11)18-15(19-14)12-6-8-17-9-7-12/h6-11H,2-5H2,1H3,(H,16,18,19). The summed E-state index contributed by atoms with van der Waals surface area (Å²) in [6, 6.07) is 5.99. The SMILES string of the molecule is CNc1cc(C2CCCC2)nc(-c2ccncc2)n1. The summed E-state index contributed by atoms with van der Waals surface area (Å²) in [5, 5.41) is 3.13. The summed E-state index contributed by atoms with van der Waals surface area (Å²) in [5.41, 5.74) is 2.19. The molecule has 1 aliphatic rings. The van der Waals surface area contributed by atoms with Crippen molar-refractivity contribution < 1.29 is 0 Å². The third-order valence-corrected chi connectivity index (χ3v) is 3.71. The highest BCUT2D eigenvalue weighted by atomic mass is 15.0. The van der Waals surface area contributed by atoms with Gasteiger partial charge in [0.15, 0.2) is 5.82 Å². The lowest BCUT2D eigenvalue weighted by Crippen LogP contribution is -2.03. The van der Waals surface area contributed by atoms with Gasteiger partial charge >= 0.3 is 0 Å². The molecule has 98 valence electrons. The summed E-state index contributed by atoms with van der Waals surface area (Å²) < 4.78 is 0. The molecule has 0 spiro atoms. The molecule has 0 saturated heterocycles. The van der Waals surface area contributed by atoms with E-state index < -0.39 is 0 Å². The summed E-state index contributed by atoms with van der Waals surface area (Å²) in [6.45, 7) is 0. The van der Waals surface area contributed by atoms with Crippen molar-refractivity contribution in [2.45, 2.75) is 31.6 Å². The first-order valence-corrected chi connectivity index (χ1v) is 6.84. The van der Waals surface area contributed by atoms with Gasteiger partial charge in [-0.1, -0.05) is 12.8 Å². The number of rotatable bonds is 3. The van der Waals surface area contributed by atoms with Gasteiger partial charge in [0, 0.05) is 42.7 Å². The van der Waals surface area contributed by atoms with E-state index in [4.69, 9.17) is 4.98 Å². The van der Waals surface area contributed by atoms with E-state index in [1.54, 1.807) is 12.4 Å². The van der Waals surface area contributed by atoms with Crippen LogP contribution < -0.4 is 5.32 Å². The molecule has 19 heavy (non-hydrogen) atoms. The maximum atomic E-state index is 4.75. The molecule has 2 aromatic rings. The molecule has 4 nitrogen and oxygen atoms in total. The van der Waals surface area contributed by atoms with Crippen LogP contribution in [0.2, 0.25) is 0 Å². The fraction of sp³-hybridized carbons (Fsp3) is 0.400. The first-order valence-electron chi connectivity index (χ1n) is 6.84. The van der Waals surface area contributed by atoms with Crippen LogP contribution in [0.4, 0.5) is 5.82 Å². The van der Waals surface area contributed by atoms with Crippen molar-refractivity contribution in [2.75, 3.05) is 12.4 Å². The average Bonchev–Trinajstić information content (AvgIpc) is 3.02. The smallest absolute Gasteiger partial charge is 0.161 e. The van der Waals surface area contributed by atoms with E-state index in [1.807, 2.05) is 19.2 Å². The van der Waals surface area contributed by atoms with Crippen molar-refractivity contribution in [3.05, 3.63) is 36.3 Å². The lowest BCUT2D eigenvalue weighted by Gasteiger charge is -2.12. The number of hydrogen-bond donors (Lipinski definition) is 1. The Balaban J connectivity index is 2.02. The Bertz CT molecular complexity index is 547. The van der Waals surface area contributed by atoms with Crippen LogP contribution in [0, 0.1) is 0 Å².